The number of nitrogens with two attached hydrogens (primary N) is 1. The zero-order valence-corrected chi connectivity index (χ0v) is 11.2. The van der Waals surface area contributed by atoms with E-state index in [9.17, 15) is 19.5 Å². The summed E-state index contributed by atoms with van der Waals surface area (Å²) in [6.07, 6.45) is 2.29. The molecule has 0 radical (unpaired) electrons. The van der Waals surface area contributed by atoms with Gasteiger partial charge in [-0.2, -0.15) is 0 Å². The van der Waals surface area contributed by atoms with E-state index in [1.165, 1.54) is 4.90 Å². The number of rotatable bonds is 6. The van der Waals surface area contributed by atoms with Crippen molar-refractivity contribution in [1.29, 1.82) is 0 Å². The van der Waals surface area contributed by atoms with Gasteiger partial charge in [-0.05, 0) is 25.7 Å². The van der Waals surface area contributed by atoms with Crippen LogP contribution in [0.2, 0.25) is 0 Å². The zero-order chi connectivity index (χ0) is 15.1. The van der Waals surface area contributed by atoms with Gasteiger partial charge in [-0.1, -0.05) is 0 Å². The average molecular weight is 287 g/mol. The molecule has 20 heavy (non-hydrogen) atoms. The average Bonchev–Trinajstić information content (AvgIpc) is 2.42. The van der Waals surface area contributed by atoms with Gasteiger partial charge in [-0.25, -0.2) is 9.59 Å². The van der Waals surface area contributed by atoms with E-state index in [4.69, 9.17) is 10.8 Å². The highest BCUT2D eigenvalue weighted by Crippen LogP contribution is 2.16. The molecule has 0 aromatic rings. The molecule has 1 fully saturated rings. The van der Waals surface area contributed by atoms with Gasteiger partial charge in [0.2, 0.25) is 5.91 Å². The maximum Gasteiger partial charge on any atom is 0.326 e. The molecule has 0 aliphatic carbocycles. The van der Waals surface area contributed by atoms with Crippen LogP contribution in [0.3, 0.4) is 0 Å². The van der Waals surface area contributed by atoms with Gasteiger partial charge in [0, 0.05) is 13.0 Å². The number of carbonyl (C=O) groups excluding carboxylic acids is 2. The van der Waals surface area contributed by atoms with Crippen LogP contribution in [0.25, 0.3) is 0 Å². The number of hydrogen-bond acceptors (Lipinski definition) is 4. The lowest BCUT2D eigenvalue weighted by molar-refractivity contribution is -0.139. The lowest BCUT2D eigenvalue weighted by atomic mass is 10.0. The minimum atomic E-state index is -1.21. The van der Waals surface area contributed by atoms with Crippen LogP contribution in [-0.4, -0.2) is 58.3 Å². The molecule has 0 bridgehead atoms. The molecule has 0 saturated carbocycles. The number of urea groups is 1. The molecular weight excluding hydrogens is 266 g/mol. The summed E-state index contributed by atoms with van der Waals surface area (Å²) in [4.78, 5) is 35.2. The molecule has 1 saturated heterocycles. The van der Waals surface area contributed by atoms with Crippen molar-refractivity contribution >= 4 is 17.9 Å². The number of primary amides is 1. The number of aliphatic hydroxyl groups excluding tert-OH is 1. The summed E-state index contributed by atoms with van der Waals surface area (Å²) >= 11 is 0. The molecule has 2 unspecified atom stereocenters. The predicted octanol–water partition coefficient (Wildman–Crippen LogP) is -0.738. The first-order chi connectivity index (χ1) is 9.45. The second-order valence-electron chi connectivity index (χ2n) is 4.87. The van der Waals surface area contributed by atoms with Gasteiger partial charge >= 0.3 is 12.0 Å². The van der Waals surface area contributed by atoms with Crippen molar-refractivity contribution in [1.82, 2.24) is 10.2 Å². The second kappa shape index (κ2) is 7.68. The van der Waals surface area contributed by atoms with Crippen LogP contribution in [-0.2, 0) is 9.59 Å². The van der Waals surface area contributed by atoms with Crippen molar-refractivity contribution in [3.05, 3.63) is 0 Å². The fourth-order valence-electron chi connectivity index (χ4n) is 2.23. The third-order valence-electron chi connectivity index (χ3n) is 3.37. The van der Waals surface area contributed by atoms with Crippen LogP contribution in [0.15, 0.2) is 0 Å². The monoisotopic (exact) mass is 287 g/mol. The summed E-state index contributed by atoms with van der Waals surface area (Å²) < 4.78 is 0. The molecule has 5 N–H and O–H groups in total. The molecule has 2 atom stereocenters. The minimum Gasteiger partial charge on any atom is -0.480 e. The van der Waals surface area contributed by atoms with Gasteiger partial charge in [0.15, 0.2) is 0 Å². The van der Waals surface area contributed by atoms with Gasteiger partial charge in [-0.3, -0.25) is 4.79 Å². The Kier molecular flexibility index (Phi) is 6.23. The van der Waals surface area contributed by atoms with Crippen molar-refractivity contribution in [3.63, 3.8) is 0 Å². The van der Waals surface area contributed by atoms with Crippen molar-refractivity contribution in [2.45, 2.75) is 44.2 Å². The van der Waals surface area contributed by atoms with E-state index in [1.54, 1.807) is 0 Å². The Morgan fingerprint density at radius 3 is 2.60 bits per heavy atom. The van der Waals surface area contributed by atoms with E-state index in [-0.39, 0.29) is 25.5 Å². The fourth-order valence-corrected chi connectivity index (χ4v) is 2.23. The Morgan fingerprint density at radius 2 is 2.05 bits per heavy atom. The summed E-state index contributed by atoms with van der Waals surface area (Å²) in [7, 11) is 0. The van der Waals surface area contributed by atoms with E-state index in [2.05, 4.69) is 5.32 Å². The summed E-state index contributed by atoms with van der Waals surface area (Å²) in [6.45, 7) is 0.339. The van der Waals surface area contributed by atoms with Crippen LogP contribution >= 0.6 is 0 Å². The molecule has 1 rings (SSSR count). The maximum absolute atomic E-state index is 12.1. The second-order valence-corrected chi connectivity index (χ2v) is 4.87. The smallest absolute Gasteiger partial charge is 0.326 e. The third-order valence-corrected chi connectivity index (χ3v) is 3.37. The Morgan fingerprint density at radius 1 is 1.35 bits per heavy atom. The number of amides is 3. The number of hydrogen-bond donors (Lipinski definition) is 4. The first kappa shape index (κ1) is 16.2. The van der Waals surface area contributed by atoms with Gasteiger partial charge in [0.25, 0.3) is 0 Å². The number of nitrogens with one attached hydrogen (secondary N) is 1. The van der Waals surface area contributed by atoms with Gasteiger partial charge in [0.1, 0.15) is 6.04 Å². The van der Waals surface area contributed by atoms with E-state index < -0.39 is 23.9 Å². The molecule has 114 valence electrons. The number of aliphatic carboxylic acids is 1. The minimum absolute atomic E-state index is 0.0476. The maximum atomic E-state index is 12.1. The highest BCUT2D eigenvalue weighted by atomic mass is 16.4. The zero-order valence-electron chi connectivity index (χ0n) is 11.2. The molecule has 1 aliphatic heterocycles. The highest BCUT2D eigenvalue weighted by molar-refractivity contribution is 5.83. The number of carboxylic acids is 1. The summed E-state index contributed by atoms with van der Waals surface area (Å²) in [5.74, 6) is -1.83. The first-order valence-electron chi connectivity index (χ1n) is 6.64. The van der Waals surface area contributed by atoms with Crippen LogP contribution in [0.5, 0.6) is 0 Å². The molecule has 0 aromatic heterocycles. The first-order valence-corrected chi connectivity index (χ1v) is 6.64. The number of nitrogens with zero attached hydrogens (tertiary/aromatic N) is 1. The van der Waals surface area contributed by atoms with Crippen molar-refractivity contribution in [2.24, 2.45) is 5.73 Å². The normalized spacial score (nSPS) is 20.2. The Hall–Kier alpha value is -1.83. The largest absolute Gasteiger partial charge is 0.480 e. The number of piperidine rings is 1. The van der Waals surface area contributed by atoms with E-state index >= 15 is 0 Å². The van der Waals surface area contributed by atoms with Gasteiger partial charge in [-0.15, -0.1) is 0 Å². The number of likely N-dealkylation sites (tertiary alicyclic amines) is 1. The molecule has 8 heteroatoms. The van der Waals surface area contributed by atoms with Crippen LogP contribution in [0.1, 0.15) is 32.1 Å². The van der Waals surface area contributed by atoms with E-state index in [1.807, 2.05) is 0 Å². The standard InChI is InChI=1S/C12H21N3O5/c13-10(17)5-4-9(11(18)19)14-12(20)15-6-2-1-3-8(15)7-16/h8-9,16H,1-7H2,(H2,13,17)(H,14,20)(H,18,19). The predicted molar refractivity (Wildman–Crippen MR) is 69.8 cm³/mol. The third kappa shape index (κ3) is 4.69. The van der Waals surface area contributed by atoms with Crippen molar-refractivity contribution in [3.8, 4) is 0 Å². The molecule has 0 aromatic carbocycles. The van der Waals surface area contributed by atoms with E-state index in [0.29, 0.717) is 13.0 Å². The van der Waals surface area contributed by atoms with Gasteiger partial charge < -0.3 is 26.2 Å². The SMILES string of the molecule is NC(=O)CCC(NC(=O)N1CCCCC1CO)C(=O)O. The van der Waals surface area contributed by atoms with Crippen molar-refractivity contribution < 1.29 is 24.6 Å². The quantitative estimate of drug-likeness (QED) is 0.510. The number of carboxylic acid groups (broad SMARTS) is 1. The van der Waals surface area contributed by atoms with Crippen molar-refractivity contribution in [2.75, 3.05) is 13.2 Å². The molecule has 8 nitrogen and oxygen atoms in total. The number of carbonyl (C=O) groups is 3. The fraction of sp³-hybridized carbons (Fsp3) is 0.750. The molecular formula is C12H21N3O5. The lowest BCUT2D eigenvalue weighted by Crippen LogP contribution is -2.54. The lowest BCUT2D eigenvalue weighted by Gasteiger charge is -2.35. The van der Waals surface area contributed by atoms with E-state index in [0.717, 1.165) is 12.8 Å². The Balaban J connectivity index is 2.59. The topological polar surface area (TPSA) is 133 Å². The Labute approximate surface area is 116 Å². The molecule has 1 aliphatic rings. The summed E-state index contributed by atoms with van der Waals surface area (Å²) in [5.41, 5.74) is 4.97. The summed E-state index contributed by atoms with van der Waals surface area (Å²) in [5, 5.41) is 20.6. The molecule has 3 amide bonds. The highest BCUT2D eigenvalue weighted by Gasteiger charge is 2.29. The van der Waals surface area contributed by atoms with Crippen LogP contribution < -0.4 is 11.1 Å². The molecule has 1 heterocycles. The summed E-state index contributed by atoms with van der Waals surface area (Å²) in [6, 6.07) is -1.97. The number of aliphatic hydroxyl groups is 1. The van der Waals surface area contributed by atoms with Gasteiger partial charge in [0.05, 0.1) is 12.6 Å². The van der Waals surface area contributed by atoms with Crippen LogP contribution in [0, 0.1) is 0 Å². The van der Waals surface area contributed by atoms with Crippen LogP contribution in [0.4, 0.5) is 4.79 Å². The molecule has 0 spiro atoms. The Bertz CT molecular complexity index is 374.